The van der Waals surface area contributed by atoms with Crippen LogP contribution in [-0.4, -0.2) is 52.0 Å². The molecule has 1 aromatic rings. The van der Waals surface area contributed by atoms with Gasteiger partial charge in [-0.15, -0.1) is 0 Å². The van der Waals surface area contributed by atoms with Gasteiger partial charge >= 0.3 is 0 Å². The second kappa shape index (κ2) is 10.3. The predicted octanol–water partition coefficient (Wildman–Crippen LogP) is 2.43. The maximum atomic E-state index is 6.25. The first-order valence-corrected chi connectivity index (χ1v) is 7.68. The molecule has 0 saturated heterocycles. The van der Waals surface area contributed by atoms with Crippen LogP contribution in [0.5, 0.6) is 0 Å². The molecule has 1 aromatic carbocycles. The molecule has 4 nitrogen and oxygen atoms in total. The fourth-order valence-electron chi connectivity index (χ4n) is 1.97. The van der Waals surface area contributed by atoms with Gasteiger partial charge in [-0.3, -0.25) is 4.90 Å². The van der Waals surface area contributed by atoms with Gasteiger partial charge in [-0.1, -0.05) is 28.1 Å². The van der Waals surface area contributed by atoms with E-state index in [1.54, 1.807) is 14.2 Å². The second-order valence-electron chi connectivity index (χ2n) is 4.77. The number of methoxy groups -OCH3 is 2. The van der Waals surface area contributed by atoms with E-state index in [1.165, 1.54) is 5.56 Å². The van der Waals surface area contributed by atoms with Crippen LogP contribution in [0.1, 0.15) is 18.0 Å². The van der Waals surface area contributed by atoms with Crippen LogP contribution in [0.2, 0.25) is 0 Å². The van der Waals surface area contributed by atoms with E-state index in [-0.39, 0.29) is 6.04 Å². The smallest absolute Gasteiger partial charge is 0.0589 e. The Morgan fingerprint density at radius 2 is 1.60 bits per heavy atom. The van der Waals surface area contributed by atoms with Crippen LogP contribution < -0.4 is 5.73 Å². The molecular formula is C15H25BrN2O2. The van der Waals surface area contributed by atoms with Crippen molar-refractivity contribution >= 4 is 15.9 Å². The van der Waals surface area contributed by atoms with Crippen molar-refractivity contribution in [2.24, 2.45) is 5.73 Å². The number of rotatable bonds is 10. The minimum Gasteiger partial charge on any atom is -0.383 e. The molecule has 1 atom stereocenters. The molecule has 0 bridgehead atoms. The molecule has 0 fully saturated rings. The first kappa shape index (κ1) is 17.6. The predicted molar refractivity (Wildman–Crippen MR) is 85.9 cm³/mol. The Labute approximate surface area is 130 Å². The first-order valence-electron chi connectivity index (χ1n) is 6.88. The van der Waals surface area contributed by atoms with Gasteiger partial charge in [0.1, 0.15) is 0 Å². The molecule has 2 N–H and O–H groups in total. The highest BCUT2D eigenvalue weighted by Gasteiger charge is 2.10. The van der Waals surface area contributed by atoms with Gasteiger partial charge in [-0.05, 0) is 24.1 Å². The molecule has 1 rings (SSSR count). The molecule has 0 spiro atoms. The highest BCUT2D eigenvalue weighted by Crippen LogP contribution is 2.17. The molecule has 0 amide bonds. The van der Waals surface area contributed by atoms with Crippen molar-refractivity contribution in [3.63, 3.8) is 0 Å². The van der Waals surface area contributed by atoms with Gasteiger partial charge in [0, 0.05) is 44.4 Å². The summed E-state index contributed by atoms with van der Waals surface area (Å²) < 4.78 is 11.4. The van der Waals surface area contributed by atoms with E-state index in [0.29, 0.717) is 0 Å². The quantitative estimate of drug-likeness (QED) is 0.708. The molecule has 0 aliphatic rings. The van der Waals surface area contributed by atoms with Crippen LogP contribution in [0.15, 0.2) is 28.7 Å². The van der Waals surface area contributed by atoms with Gasteiger partial charge in [0.15, 0.2) is 0 Å². The SMILES string of the molecule is COCCN(CCOC)CCC(N)c1ccc(Br)cc1. The van der Waals surface area contributed by atoms with Crippen LogP contribution in [-0.2, 0) is 9.47 Å². The number of hydrogen-bond acceptors (Lipinski definition) is 4. The molecule has 114 valence electrons. The Bertz CT molecular complexity index is 351. The number of hydrogen-bond donors (Lipinski definition) is 1. The van der Waals surface area contributed by atoms with E-state index >= 15 is 0 Å². The molecule has 0 radical (unpaired) electrons. The van der Waals surface area contributed by atoms with Gasteiger partial charge in [0.05, 0.1) is 13.2 Å². The van der Waals surface area contributed by atoms with Gasteiger partial charge in [0.2, 0.25) is 0 Å². The van der Waals surface area contributed by atoms with Crippen LogP contribution >= 0.6 is 15.9 Å². The summed E-state index contributed by atoms with van der Waals surface area (Å²) in [4.78, 5) is 2.33. The molecule has 0 saturated carbocycles. The van der Waals surface area contributed by atoms with Crippen molar-refractivity contribution in [1.82, 2.24) is 4.90 Å². The maximum Gasteiger partial charge on any atom is 0.0589 e. The normalized spacial score (nSPS) is 12.8. The lowest BCUT2D eigenvalue weighted by Gasteiger charge is -2.23. The van der Waals surface area contributed by atoms with Crippen molar-refractivity contribution < 1.29 is 9.47 Å². The lowest BCUT2D eigenvalue weighted by molar-refractivity contribution is 0.112. The van der Waals surface area contributed by atoms with Crippen molar-refractivity contribution in [2.45, 2.75) is 12.5 Å². The van der Waals surface area contributed by atoms with Gasteiger partial charge in [-0.2, -0.15) is 0 Å². The first-order chi connectivity index (χ1) is 9.67. The van der Waals surface area contributed by atoms with Gasteiger partial charge in [0.25, 0.3) is 0 Å². The topological polar surface area (TPSA) is 47.7 Å². The molecule has 0 heterocycles. The van der Waals surface area contributed by atoms with Crippen molar-refractivity contribution in [3.05, 3.63) is 34.3 Å². The summed E-state index contributed by atoms with van der Waals surface area (Å²) in [6.07, 6.45) is 0.926. The number of nitrogens with zero attached hydrogens (tertiary/aromatic N) is 1. The summed E-state index contributed by atoms with van der Waals surface area (Å²) in [6, 6.07) is 8.27. The third-order valence-electron chi connectivity index (χ3n) is 3.28. The van der Waals surface area contributed by atoms with Crippen molar-refractivity contribution in [3.8, 4) is 0 Å². The third-order valence-corrected chi connectivity index (χ3v) is 3.81. The number of ether oxygens (including phenoxy) is 2. The Balaban J connectivity index is 2.41. The number of benzene rings is 1. The molecule has 0 aliphatic carbocycles. The summed E-state index contributed by atoms with van der Waals surface area (Å²) in [6.45, 7) is 4.23. The Morgan fingerprint density at radius 3 is 2.10 bits per heavy atom. The summed E-state index contributed by atoms with van der Waals surface area (Å²) in [5.74, 6) is 0. The maximum absolute atomic E-state index is 6.25. The molecular weight excluding hydrogens is 320 g/mol. The zero-order valence-corrected chi connectivity index (χ0v) is 13.9. The van der Waals surface area contributed by atoms with E-state index in [2.05, 4.69) is 33.0 Å². The largest absolute Gasteiger partial charge is 0.383 e. The van der Waals surface area contributed by atoms with Crippen LogP contribution in [0.3, 0.4) is 0 Å². The molecule has 1 unspecified atom stereocenters. The van der Waals surface area contributed by atoms with Gasteiger partial charge < -0.3 is 15.2 Å². The number of nitrogens with two attached hydrogens (primary N) is 1. The highest BCUT2D eigenvalue weighted by molar-refractivity contribution is 9.10. The third kappa shape index (κ3) is 6.81. The highest BCUT2D eigenvalue weighted by atomic mass is 79.9. The zero-order chi connectivity index (χ0) is 14.8. The van der Waals surface area contributed by atoms with Crippen molar-refractivity contribution in [1.29, 1.82) is 0 Å². The standard InChI is InChI=1S/C15H25BrN2O2/c1-19-11-9-18(10-12-20-2)8-7-15(17)13-3-5-14(16)6-4-13/h3-6,15H,7-12,17H2,1-2H3. The fourth-order valence-corrected chi connectivity index (χ4v) is 2.24. The summed E-state index contributed by atoms with van der Waals surface area (Å²) in [5, 5.41) is 0. The Morgan fingerprint density at radius 1 is 1.05 bits per heavy atom. The van der Waals surface area contributed by atoms with E-state index in [0.717, 1.165) is 43.7 Å². The summed E-state index contributed by atoms with van der Waals surface area (Å²) >= 11 is 3.44. The lowest BCUT2D eigenvalue weighted by Crippen LogP contribution is -2.33. The van der Waals surface area contributed by atoms with Gasteiger partial charge in [-0.25, -0.2) is 0 Å². The Kier molecular flexibility index (Phi) is 9.05. The van der Waals surface area contributed by atoms with E-state index in [4.69, 9.17) is 15.2 Å². The minimum absolute atomic E-state index is 0.0655. The Hall–Kier alpha value is -0.460. The average molecular weight is 345 g/mol. The summed E-state index contributed by atoms with van der Waals surface area (Å²) in [5.41, 5.74) is 7.42. The summed E-state index contributed by atoms with van der Waals surface area (Å²) in [7, 11) is 3.45. The van der Waals surface area contributed by atoms with Crippen LogP contribution in [0.25, 0.3) is 0 Å². The fraction of sp³-hybridized carbons (Fsp3) is 0.600. The van der Waals surface area contributed by atoms with Crippen LogP contribution in [0, 0.1) is 0 Å². The molecule has 5 heteroatoms. The van der Waals surface area contributed by atoms with E-state index in [1.807, 2.05) is 12.1 Å². The van der Waals surface area contributed by atoms with Crippen molar-refractivity contribution in [2.75, 3.05) is 47.1 Å². The van der Waals surface area contributed by atoms with Crippen LogP contribution in [0.4, 0.5) is 0 Å². The minimum atomic E-state index is 0.0655. The molecule has 20 heavy (non-hydrogen) atoms. The monoisotopic (exact) mass is 344 g/mol. The molecule has 0 aliphatic heterocycles. The van der Waals surface area contributed by atoms with E-state index < -0.39 is 0 Å². The average Bonchev–Trinajstić information content (AvgIpc) is 2.47. The van der Waals surface area contributed by atoms with E-state index in [9.17, 15) is 0 Å². The zero-order valence-electron chi connectivity index (χ0n) is 12.3. The lowest BCUT2D eigenvalue weighted by atomic mass is 10.0. The second-order valence-corrected chi connectivity index (χ2v) is 5.69. The number of halogens is 1. The molecule has 0 aromatic heterocycles.